The van der Waals surface area contributed by atoms with Crippen LogP contribution in [-0.4, -0.2) is 13.0 Å². The van der Waals surface area contributed by atoms with Gasteiger partial charge in [0.25, 0.3) is 0 Å². The Labute approximate surface area is 161 Å². The van der Waals surface area contributed by atoms with Gasteiger partial charge in [-0.15, -0.1) is 0 Å². The van der Waals surface area contributed by atoms with E-state index < -0.39 is 10.1 Å². The van der Waals surface area contributed by atoms with E-state index in [9.17, 15) is 13.0 Å². The van der Waals surface area contributed by atoms with Crippen LogP contribution in [0.4, 0.5) is 0 Å². The molecule has 0 amide bonds. The second-order valence-corrected chi connectivity index (χ2v) is 7.11. The molecule has 120 valence electrons. The molecule has 2 aromatic rings. The van der Waals surface area contributed by atoms with Crippen molar-refractivity contribution in [3.05, 3.63) is 41.5 Å². The molecule has 0 heterocycles. The van der Waals surface area contributed by atoms with Gasteiger partial charge in [0.05, 0.1) is 4.90 Å². The van der Waals surface area contributed by atoms with Crippen LogP contribution in [0.2, 0.25) is 0 Å². The van der Waals surface area contributed by atoms with Crippen LogP contribution in [0.5, 0.6) is 0 Å². The molecule has 0 aliphatic carbocycles. The smallest absolute Gasteiger partial charge is 0.744 e. The van der Waals surface area contributed by atoms with Gasteiger partial charge in [0.2, 0.25) is 0 Å². The monoisotopic (exact) mass is 342 g/mol. The second kappa shape index (κ2) is 9.19. The molecule has 0 saturated heterocycles. The molecular formula is C18H23NaO3S. The summed E-state index contributed by atoms with van der Waals surface area (Å²) in [4.78, 5) is -0.0545. The fourth-order valence-electron chi connectivity index (χ4n) is 2.79. The summed E-state index contributed by atoms with van der Waals surface area (Å²) in [7, 11) is -4.44. The van der Waals surface area contributed by atoms with Crippen molar-refractivity contribution in [2.24, 2.45) is 0 Å². The van der Waals surface area contributed by atoms with Crippen molar-refractivity contribution in [2.45, 2.75) is 57.3 Å². The van der Waals surface area contributed by atoms with Gasteiger partial charge in [0.1, 0.15) is 10.1 Å². The molecule has 5 heteroatoms. The Balaban J connectivity index is 0.00000264. The van der Waals surface area contributed by atoms with Crippen molar-refractivity contribution in [3.8, 4) is 0 Å². The molecule has 23 heavy (non-hydrogen) atoms. The molecule has 0 unspecified atom stereocenters. The number of fused-ring (bicyclic) bond motifs is 1. The standard InChI is InChI=1S/C18H24O3S.Na/c1-3-5-7-14-9-10-15-11-12-18(22(19,20)21)16(8-6-4-2)17(15)13-14;/h9-13H,3-8H2,1-2H3,(H,19,20,21);/q;+1/p-1. The zero-order valence-corrected chi connectivity index (χ0v) is 17.1. The number of hydrogen-bond donors (Lipinski definition) is 0. The summed E-state index contributed by atoms with van der Waals surface area (Å²) in [6, 6.07) is 9.37. The van der Waals surface area contributed by atoms with Gasteiger partial charge in [-0.3, -0.25) is 0 Å². The van der Waals surface area contributed by atoms with Gasteiger partial charge in [-0.2, -0.15) is 0 Å². The predicted molar refractivity (Wildman–Crippen MR) is 89.1 cm³/mol. The molecule has 0 aliphatic rings. The van der Waals surface area contributed by atoms with Gasteiger partial charge >= 0.3 is 29.6 Å². The van der Waals surface area contributed by atoms with E-state index in [-0.39, 0.29) is 34.5 Å². The summed E-state index contributed by atoms with van der Waals surface area (Å²) in [6.07, 6.45) is 5.67. The van der Waals surface area contributed by atoms with Crippen molar-refractivity contribution in [1.29, 1.82) is 0 Å². The summed E-state index contributed by atoms with van der Waals surface area (Å²) in [5, 5.41) is 1.91. The molecule has 0 atom stereocenters. The Bertz CT molecular complexity index is 754. The Kier molecular flexibility index (Phi) is 8.25. The molecule has 2 aromatic carbocycles. The topological polar surface area (TPSA) is 57.2 Å². The van der Waals surface area contributed by atoms with Crippen molar-refractivity contribution in [1.82, 2.24) is 0 Å². The Morgan fingerprint density at radius 2 is 1.57 bits per heavy atom. The van der Waals surface area contributed by atoms with Gasteiger partial charge in [0, 0.05) is 0 Å². The first kappa shape index (κ1) is 20.7. The number of benzene rings is 2. The van der Waals surface area contributed by atoms with Gasteiger partial charge in [-0.05, 0) is 53.6 Å². The molecular weight excluding hydrogens is 319 g/mol. The third-order valence-corrected chi connectivity index (χ3v) is 4.94. The van der Waals surface area contributed by atoms with E-state index in [1.165, 1.54) is 11.6 Å². The summed E-state index contributed by atoms with van der Waals surface area (Å²) < 4.78 is 34.7. The van der Waals surface area contributed by atoms with Gasteiger partial charge in [-0.25, -0.2) is 8.42 Å². The van der Waals surface area contributed by atoms with E-state index in [4.69, 9.17) is 0 Å². The van der Waals surface area contributed by atoms with Crippen LogP contribution in [0, 0.1) is 0 Å². The van der Waals surface area contributed by atoms with E-state index in [0.717, 1.165) is 42.9 Å². The quantitative estimate of drug-likeness (QED) is 0.565. The summed E-state index contributed by atoms with van der Waals surface area (Å²) in [5.41, 5.74) is 1.89. The normalized spacial score (nSPS) is 11.4. The minimum absolute atomic E-state index is 0. The van der Waals surface area contributed by atoms with Crippen molar-refractivity contribution in [3.63, 3.8) is 0 Å². The van der Waals surface area contributed by atoms with Gasteiger partial charge < -0.3 is 4.55 Å². The predicted octanol–water partition coefficient (Wildman–Crippen LogP) is 1.43. The zero-order chi connectivity index (χ0) is 16.2. The average Bonchev–Trinajstić information content (AvgIpc) is 2.49. The van der Waals surface area contributed by atoms with Crippen LogP contribution in [0.15, 0.2) is 35.2 Å². The molecule has 3 nitrogen and oxygen atoms in total. The molecule has 0 bridgehead atoms. The van der Waals surface area contributed by atoms with E-state index in [0.29, 0.717) is 12.0 Å². The van der Waals surface area contributed by atoms with E-state index in [1.54, 1.807) is 6.07 Å². The number of rotatable bonds is 7. The first-order valence-electron chi connectivity index (χ1n) is 7.97. The fourth-order valence-corrected chi connectivity index (χ4v) is 3.54. The van der Waals surface area contributed by atoms with Crippen molar-refractivity contribution < 1.29 is 42.5 Å². The third-order valence-electron chi connectivity index (χ3n) is 4.02. The minimum Gasteiger partial charge on any atom is -0.744 e. The van der Waals surface area contributed by atoms with Gasteiger partial charge in [-0.1, -0.05) is 51.0 Å². The summed E-state index contributed by atoms with van der Waals surface area (Å²) >= 11 is 0. The van der Waals surface area contributed by atoms with Crippen LogP contribution < -0.4 is 29.6 Å². The summed E-state index contributed by atoms with van der Waals surface area (Å²) in [5.74, 6) is 0. The van der Waals surface area contributed by atoms with Crippen LogP contribution >= 0.6 is 0 Å². The number of hydrogen-bond acceptors (Lipinski definition) is 3. The zero-order valence-electron chi connectivity index (χ0n) is 14.3. The molecule has 0 N–H and O–H groups in total. The molecule has 0 saturated carbocycles. The molecule has 0 aromatic heterocycles. The largest absolute Gasteiger partial charge is 1.00 e. The first-order valence-corrected chi connectivity index (χ1v) is 9.38. The van der Waals surface area contributed by atoms with Crippen LogP contribution in [-0.2, 0) is 23.0 Å². The Morgan fingerprint density at radius 1 is 0.957 bits per heavy atom. The minimum atomic E-state index is -4.44. The molecule has 2 rings (SSSR count). The molecule has 0 spiro atoms. The third kappa shape index (κ3) is 5.30. The maximum Gasteiger partial charge on any atom is 1.00 e. The second-order valence-electron chi connectivity index (χ2n) is 5.76. The van der Waals surface area contributed by atoms with Crippen LogP contribution in [0.3, 0.4) is 0 Å². The average molecular weight is 342 g/mol. The maximum atomic E-state index is 11.6. The van der Waals surface area contributed by atoms with E-state index in [1.807, 2.05) is 6.07 Å². The molecule has 0 radical (unpaired) electrons. The van der Waals surface area contributed by atoms with E-state index >= 15 is 0 Å². The fraction of sp³-hybridized carbons (Fsp3) is 0.444. The number of aryl methyl sites for hydroxylation is 2. The van der Waals surface area contributed by atoms with Crippen molar-refractivity contribution in [2.75, 3.05) is 0 Å². The molecule has 0 aliphatic heterocycles. The summed E-state index contributed by atoms with van der Waals surface area (Å²) in [6.45, 7) is 4.21. The molecule has 0 fully saturated rings. The van der Waals surface area contributed by atoms with Crippen LogP contribution in [0.25, 0.3) is 10.8 Å². The van der Waals surface area contributed by atoms with Crippen molar-refractivity contribution >= 4 is 20.9 Å². The van der Waals surface area contributed by atoms with Gasteiger partial charge in [0.15, 0.2) is 0 Å². The SMILES string of the molecule is CCCCc1ccc2ccc(S(=O)(=O)[O-])c(CCCC)c2c1.[Na+]. The maximum absolute atomic E-state index is 11.6. The van der Waals surface area contributed by atoms with E-state index in [2.05, 4.69) is 26.0 Å². The number of unbranched alkanes of at least 4 members (excludes halogenated alkanes) is 2. The first-order chi connectivity index (χ1) is 10.5. The van der Waals surface area contributed by atoms with Crippen LogP contribution in [0.1, 0.15) is 50.7 Å². The Hall–Kier alpha value is -0.390. The Morgan fingerprint density at radius 3 is 2.17 bits per heavy atom.